The van der Waals surface area contributed by atoms with E-state index < -0.39 is 5.60 Å². The van der Waals surface area contributed by atoms with E-state index in [4.69, 9.17) is 4.74 Å². The number of hydrogen-bond acceptors (Lipinski definition) is 3. The van der Waals surface area contributed by atoms with Gasteiger partial charge in [-0.15, -0.1) is 0 Å². The van der Waals surface area contributed by atoms with Crippen LogP contribution in [0.25, 0.3) is 0 Å². The van der Waals surface area contributed by atoms with Crippen LogP contribution in [-0.2, 0) is 0 Å². The number of fused-ring (bicyclic) bond motifs is 1. The molecule has 0 bridgehead atoms. The minimum atomic E-state index is -0.513. The molecule has 2 atom stereocenters. The van der Waals surface area contributed by atoms with Gasteiger partial charge in [0.05, 0.1) is 6.61 Å². The Morgan fingerprint density at radius 3 is 2.65 bits per heavy atom. The fraction of sp³-hybridized carbons (Fsp3) is 0.571. The lowest BCUT2D eigenvalue weighted by atomic mass is 9.83. The number of phenols is 1. The first-order valence-electron chi connectivity index (χ1n) is 6.01. The molecule has 1 aliphatic heterocycles. The summed E-state index contributed by atoms with van der Waals surface area (Å²) in [5.41, 5.74) is 2.33. The SMILES string of the molecule is Cc1c(O)cc2c(c1C)O[C@](C)(CO)C[C@@H]2C. The Hall–Kier alpha value is -1.22. The summed E-state index contributed by atoms with van der Waals surface area (Å²) in [6, 6.07) is 1.79. The van der Waals surface area contributed by atoms with Crippen LogP contribution in [0.3, 0.4) is 0 Å². The van der Waals surface area contributed by atoms with E-state index in [2.05, 4.69) is 6.92 Å². The van der Waals surface area contributed by atoms with Crippen molar-refractivity contribution in [2.24, 2.45) is 0 Å². The fourth-order valence-corrected chi connectivity index (χ4v) is 2.54. The molecule has 0 spiro atoms. The van der Waals surface area contributed by atoms with Gasteiger partial charge in [-0.25, -0.2) is 0 Å². The number of aliphatic hydroxyl groups excluding tert-OH is 1. The zero-order chi connectivity index (χ0) is 12.8. The summed E-state index contributed by atoms with van der Waals surface area (Å²) in [7, 11) is 0. The van der Waals surface area contributed by atoms with Crippen molar-refractivity contribution in [2.45, 2.75) is 45.6 Å². The number of rotatable bonds is 1. The van der Waals surface area contributed by atoms with E-state index >= 15 is 0 Å². The average Bonchev–Trinajstić information content (AvgIpc) is 2.28. The lowest BCUT2D eigenvalue weighted by molar-refractivity contribution is 0.000593. The molecule has 0 aromatic heterocycles. The monoisotopic (exact) mass is 236 g/mol. The molecule has 1 aromatic rings. The molecule has 17 heavy (non-hydrogen) atoms. The summed E-state index contributed by atoms with van der Waals surface area (Å²) in [5.74, 6) is 1.43. The van der Waals surface area contributed by atoms with Crippen LogP contribution in [0, 0.1) is 13.8 Å². The number of aromatic hydroxyl groups is 1. The highest BCUT2D eigenvalue weighted by Crippen LogP contribution is 2.45. The Bertz CT molecular complexity index is 453. The molecule has 0 saturated carbocycles. The normalized spacial score (nSPS) is 27.5. The summed E-state index contributed by atoms with van der Waals surface area (Å²) in [4.78, 5) is 0. The lowest BCUT2D eigenvalue weighted by Gasteiger charge is -2.39. The molecule has 3 heteroatoms. The summed E-state index contributed by atoms with van der Waals surface area (Å²) in [6.45, 7) is 7.86. The van der Waals surface area contributed by atoms with Crippen LogP contribution in [0.15, 0.2) is 6.07 Å². The second-order valence-electron chi connectivity index (χ2n) is 5.38. The molecule has 2 rings (SSSR count). The third kappa shape index (κ3) is 1.89. The van der Waals surface area contributed by atoms with Gasteiger partial charge in [0.2, 0.25) is 0 Å². The molecule has 94 valence electrons. The van der Waals surface area contributed by atoms with Crippen molar-refractivity contribution < 1.29 is 14.9 Å². The summed E-state index contributed by atoms with van der Waals surface area (Å²) >= 11 is 0. The standard InChI is InChI=1S/C14H20O3/c1-8-6-14(4,7-15)17-13-10(3)9(2)12(16)5-11(8)13/h5,8,15-16H,6-7H2,1-4H3/t8-,14-/m0/s1. The third-order valence-corrected chi connectivity index (χ3v) is 3.79. The largest absolute Gasteiger partial charge is 0.508 e. The Morgan fingerprint density at radius 2 is 2.06 bits per heavy atom. The van der Waals surface area contributed by atoms with E-state index in [-0.39, 0.29) is 12.5 Å². The first-order valence-corrected chi connectivity index (χ1v) is 6.01. The Balaban J connectivity index is 2.57. The van der Waals surface area contributed by atoms with E-state index in [1.165, 1.54) is 0 Å². The van der Waals surface area contributed by atoms with Gasteiger partial charge in [-0.1, -0.05) is 6.92 Å². The molecular weight excluding hydrogens is 216 g/mol. The third-order valence-electron chi connectivity index (χ3n) is 3.79. The smallest absolute Gasteiger partial charge is 0.130 e. The molecule has 3 nitrogen and oxygen atoms in total. The molecule has 0 aliphatic carbocycles. The van der Waals surface area contributed by atoms with Crippen LogP contribution >= 0.6 is 0 Å². The van der Waals surface area contributed by atoms with E-state index in [0.717, 1.165) is 28.9 Å². The first-order chi connectivity index (χ1) is 7.88. The number of ether oxygens (including phenoxy) is 1. The number of hydrogen-bond donors (Lipinski definition) is 2. The Kier molecular flexibility index (Phi) is 2.82. The average molecular weight is 236 g/mol. The van der Waals surface area contributed by atoms with Crippen molar-refractivity contribution >= 4 is 0 Å². The molecule has 1 aromatic carbocycles. The summed E-state index contributed by atoms with van der Waals surface area (Å²) in [6.07, 6.45) is 0.762. The molecule has 2 N–H and O–H groups in total. The van der Waals surface area contributed by atoms with Crippen molar-refractivity contribution in [1.29, 1.82) is 0 Å². The highest BCUT2D eigenvalue weighted by atomic mass is 16.5. The van der Waals surface area contributed by atoms with E-state index in [1.807, 2.05) is 20.8 Å². The number of aliphatic hydroxyl groups is 1. The fourth-order valence-electron chi connectivity index (χ4n) is 2.54. The van der Waals surface area contributed by atoms with E-state index in [9.17, 15) is 10.2 Å². The Morgan fingerprint density at radius 1 is 1.41 bits per heavy atom. The quantitative estimate of drug-likeness (QED) is 0.788. The number of phenolic OH excluding ortho intramolecular Hbond substituents is 1. The minimum absolute atomic E-state index is 0.0101. The van der Waals surface area contributed by atoms with Gasteiger partial charge in [0.15, 0.2) is 0 Å². The molecule has 0 fully saturated rings. The van der Waals surface area contributed by atoms with Crippen molar-refractivity contribution in [3.05, 3.63) is 22.8 Å². The second kappa shape index (κ2) is 3.91. The Labute approximate surface area is 102 Å². The highest BCUT2D eigenvalue weighted by molar-refractivity contribution is 5.54. The van der Waals surface area contributed by atoms with Gasteiger partial charge in [0.25, 0.3) is 0 Å². The van der Waals surface area contributed by atoms with Crippen molar-refractivity contribution in [2.75, 3.05) is 6.61 Å². The van der Waals surface area contributed by atoms with Gasteiger partial charge in [0.1, 0.15) is 17.1 Å². The van der Waals surface area contributed by atoms with Crippen LogP contribution in [-0.4, -0.2) is 22.4 Å². The first kappa shape index (κ1) is 12.2. The van der Waals surface area contributed by atoms with Gasteiger partial charge in [-0.2, -0.15) is 0 Å². The maximum Gasteiger partial charge on any atom is 0.130 e. The van der Waals surface area contributed by atoms with Crippen molar-refractivity contribution in [3.8, 4) is 11.5 Å². The van der Waals surface area contributed by atoms with Crippen LogP contribution in [0.4, 0.5) is 0 Å². The van der Waals surface area contributed by atoms with E-state index in [1.54, 1.807) is 6.07 Å². The molecule has 1 aliphatic rings. The van der Waals surface area contributed by atoms with Gasteiger partial charge >= 0.3 is 0 Å². The van der Waals surface area contributed by atoms with Crippen LogP contribution < -0.4 is 4.74 Å². The van der Waals surface area contributed by atoms with E-state index in [0.29, 0.717) is 5.75 Å². The summed E-state index contributed by atoms with van der Waals surface area (Å²) in [5, 5.41) is 19.3. The maximum atomic E-state index is 9.86. The predicted octanol–water partition coefficient (Wildman–Crippen LogP) is 2.65. The minimum Gasteiger partial charge on any atom is -0.508 e. The molecule has 0 amide bonds. The van der Waals surface area contributed by atoms with Crippen molar-refractivity contribution in [3.63, 3.8) is 0 Å². The molecule has 0 saturated heterocycles. The molecular formula is C14H20O3. The second-order valence-corrected chi connectivity index (χ2v) is 5.38. The zero-order valence-electron chi connectivity index (χ0n) is 10.9. The van der Waals surface area contributed by atoms with Crippen LogP contribution in [0.5, 0.6) is 11.5 Å². The van der Waals surface area contributed by atoms with Crippen molar-refractivity contribution in [1.82, 2.24) is 0 Å². The highest BCUT2D eigenvalue weighted by Gasteiger charge is 2.36. The predicted molar refractivity (Wildman–Crippen MR) is 66.7 cm³/mol. The van der Waals surface area contributed by atoms with Gasteiger partial charge < -0.3 is 14.9 Å². The maximum absolute atomic E-state index is 9.86. The lowest BCUT2D eigenvalue weighted by Crippen LogP contribution is -2.41. The van der Waals surface area contributed by atoms with Crippen LogP contribution in [0.2, 0.25) is 0 Å². The van der Waals surface area contributed by atoms with Crippen LogP contribution in [0.1, 0.15) is 42.9 Å². The summed E-state index contributed by atoms with van der Waals surface area (Å²) < 4.78 is 5.94. The van der Waals surface area contributed by atoms with Gasteiger partial charge in [-0.3, -0.25) is 0 Å². The molecule has 0 unspecified atom stereocenters. The zero-order valence-corrected chi connectivity index (χ0v) is 10.9. The number of benzene rings is 1. The van der Waals surface area contributed by atoms with Gasteiger partial charge in [0, 0.05) is 5.56 Å². The van der Waals surface area contributed by atoms with Gasteiger partial charge in [-0.05, 0) is 50.3 Å². The molecule has 1 heterocycles. The topological polar surface area (TPSA) is 49.7 Å². The molecule has 0 radical (unpaired) electrons.